The third kappa shape index (κ3) is 3.07. The van der Waals surface area contributed by atoms with Gasteiger partial charge in [-0.1, -0.05) is 11.6 Å². The molecule has 30 heavy (non-hydrogen) atoms. The van der Waals surface area contributed by atoms with E-state index in [2.05, 4.69) is 15.2 Å². The van der Waals surface area contributed by atoms with Gasteiger partial charge < -0.3 is 19.9 Å². The zero-order valence-electron chi connectivity index (χ0n) is 16.5. The number of carbonyl (C=O) groups is 2. The number of halogens is 1. The lowest BCUT2D eigenvalue weighted by Gasteiger charge is -2.27. The molecule has 3 aromatic rings. The number of amides is 2. The number of hydrogen-bond acceptors (Lipinski definition) is 4. The number of carbonyl (C=O) groups excluding carboxylic acids is 2. The number of aromatic nitrogens is 3. The maximum atomic E-state index is 13.2. The van der Waals surface area contributed by atoms with Crippen LogP contribution in [0, 0.1) is 6.92 Å². The molecule has 0 aliphatic carbocycles. The van der Waals surface area contributed by atoms with Gasteiger partial charge in [0, 0.05) is 41.1 Å². The van der Waals surface area contributed by atoms with Crippen LogP contribution in [-0.4, -0.2) is 67.6 Å². The Labute approximate surface area is 177 Å². The summed E-state index contributed by atoms with van der Waals surface area (Å²) >= 11 is 6.10. The van der Waals surface area contributed by atoms with Crippen molar-refractivity contribution in [1.29, 1.82) is 0 Å². The number of aliphatic hydroxyl groups excluding tert-OH is 1. The summed E-state index contributed by atoms with van der Waals surface area (Å²) in [4.78, 5) is 32.6. The molecule has 1 fully saturated rings. The Morgan fingerprint density at radius 3 is 2.83 bits per heavy atom. The van der Waals surface area contributed by atoms with Gasteiger partial charge in [0.2, 0.25) is 0 Å². The lowest BCUT2D eigenvalue weighted by Crippen LogP contribution is -2.37. The summed E-state index contributed by atoms with van der Waals surface area (Å²) in [6.45, 7) is 3.66. The van der Waals surface area contributed by atoms with E-state index in [0.29, 0.717) is 55.4 Å². The average Bonchev–Trinajstić information content (AvgIpc) is 3.44. The second-order valence-electron chi connectivity index (χ2n) is 8.01. The number of aryl methyl sites for hydroxylation is 1. The van der Waals surface area contributed by atoms with Gasteiger partial charge in [-0.2, -0.15) is 5.10 Å². The van der Waals surface area contributed by atoms with Crippen molar-refractivity contribution in [2.75, 3.05) is 19.6 Å². The number of H-pyrrole nitrogens is 2. The lowest BCUT2D eigenvalue weighted by atomic mass is 10.0. The minimum absolute atomic E-state index is 0.0874. The molecule has 0 bridgehead atoms. The molecule has 2 aromatic heterocycles. The zero-order valence-corrected chi connectivity index (χ0v) is 17.3. The molecule has 4 heterocycles. The number of β-amino-alcohol motifs (C(OH)–C–C–N with tert-alkyl or cyclic N) is 1. The minimum atomic E-state index is -0.466. The van der Waals surface area contributed by atoms with Crippen molar-refractivity contribution >= 4 is 34.3 Å². The normalized spacial score (nSPS) is 18.8. The van der Waals surface area contributed by atoms with Gasteiger partial charge in [0.15, 0.2) is 5.69 Å². The Balaban J connectivity index is 1.38. The fraction of sp³-hybridized carbons (Fsp3) is 0.381. The Hall–Kier alpha value is -2.84. The molecule has 2 aliphatic rings. The van der Waals surface area contributed by atoms with Crippen molar-refractivity contribution in [3.8, 4) is 0 Å². The number of hydrogen-bond donors (Lipinski definition) is 3. The summed E-state index contributed by atoms with van der Waals surface area (Å²) in [5, 5.41) is 18.5. The topological polar surface area (TPSA) is 105 Å². The van der Waals surface area contributed by atoms with E-state index in [0.717, 1.165) is 27.7 Å². The third-order valence-corrected chi connectivity index (χ3v) is 6.34. The first-order valence-corrected chi connectivity index (χ1v) is 10.4. The highest BCUT2D eigenvalue weighted by molar-refractivity contribution is 6.31. The van der Waals surface area contributed by atoms with Gasteiger partial charge >= 0.3 is 0 Å². The first kappa shape index (κ1) is 19.1. The maximum Gasteiger partial charge on any atom is 0.274 e. The van der Waals surface area contributed by atoms with E-state index >= 15 is 0 Å². The predicted octanol–water partition coefficient (Wildman–Crippen LogP) is 2.26. The Bertz CT molecular complexity index is 1170. The van der Waals surface area contributed by atoms with Crippen LogP contribution in [0.2, 0.25) is 5.02 Å². The van der Waals surface area contributed by atoms with E-state index in [1.54, 1.807) is 15.9 Å². The number of likely N-dealkylation sites (tertiary alicyclic amines) is 1. The van der Waals surface area contributed by atoms with E-state index in [4.69, 9.17) is 11.6 Å². The monoisotopic (exact) mass is 427 g/mol. The third-order valence-electron chi connectivity index (χ3n) is 6.11. The van der Waals surface area contributed by atoms with Gasteiger partial charge in [-0.15, -0.1) is 0 Å². The van der Waals surface area contributed by atoms with Crippen LogP contribution in [0.4, 0.5) is 0 Å². The molecule has 2 aliphatic heterocycles. The first-order chi connectivity index (χ1) is 14.4. The quantitative estimate of drug-likeness (QED) is 0.583. The largest absolute Gasteiger partial charge is 0.391 e. The van der Waals surface area contributed by atoms with Crippen molar-refractivity contribution in [3.05, 3.63) is 51.4 Å². The zero-order chi connectivity index (χ0) is 21.0. The maximum absolute atomic E-state index is 13.2. The van der Waals surface area contributed by atoms with Gasteiger partial charge in [0.25, 0.3) is 11.8 Å². The fourth-order valence-electron chi connectivity index (χ4n) is 4.42. The van der Waals surface area contributed by atoms with Crippen LogP contribution in [0.25, 0.3) is 10.9 Å². The summed E-state index contributed by atoms with van der Waals surface area (Å²) < 4.78 is 0. The molecule has 5 rings (SSSR count). The van der Waals surface area contributed by atoms with E-state index in [-0.39, 0.29) is 11.8 Å². The van der Waals surface area contributed by atoms with Gasteiger partial charge in [0.05, 0.1) is 18.3 Å². The van der Waals surface area contributed by atoms with Crippen LogP contribution in [0.3, 0.4) is 0 Å². The van der Waals surface area contributed by atoms with Crippen molar-refractivity contribution in [1.82, 2.24) is 25.0 Å². The lowest BCUT2D eigenvalue weighted by molar-refractivity contribution is 0.0726. The number of aliphatic hydroxyl groups is 1. The minimum Gasteiger partial charge on any atom is -0.391 e. The average molecular weight is 428 g/mol. The summed E-state index contributed by atoms with van der Waals surface area (Å²) in [5.74, 6) is -0.247. The highest BCUT2D eigenvalue weighted by Crippen LogP contribution is 2.28. The molecule has 2 amide bonds. The molecule has 1 atom stereocenters. The van der Waals surface area contributed by atoms with Crippen molar-refractivity contribution in [2.45, 2.75) is 32.4 Å². The molecule has 0 spiro atoms. The summed E-state index contributed by atoms with van der Waals surface area (Å²) in [6.07, 6.45) is 0.682. The van der Waals surface area contributed by atoms with Gasteiger partial charge in [-0.05, 0) is 43.5 Å². The molecular formula is C21H22ClN5O3. The number of nitrogens with one attached hydrogen (secondary N) is 2. The molecule has 1 unspecified atom stereocenters. The van der Waals surface area contributed by atoms with Crippen molar-refractivity contribution in [2.24, 2.45) is 0 Å². The molecule has 8 nitrogen and oxygen atoms in total. The number of fused-ring (bicyclic) bond motifs is 2. The van der Waals surface area contributed by atoms with Crippen LogP contribution in [0.1, 0.15) is 44.2 Å². The Kier molecular flexibility index (Phi) is 4.56. The standard InChI is InChI=1S/C21H22ClN5O3/c1-11-15-8-12(22)2-3-16(15)23-18(11)20(29)27-7-5-14-17(10-27)24-25-19(14)21(30)26-6-4-13(28)9-26/h2-3,8,13,23,28H,4-7,9-10H2,1H3,(H,24,25). The molecule has 0 saturated carbocycles. The number of nitrogens with zero attached hydrogens (tertiary/aromatic N) is 3. The van der Waals surface area contributed by atoms with Crippen LogP contribution < -0.4 is 0 Å². The molecule has 156 valence electrons. The second-order valence-corrected chi connectivity index (χ2v) is 8.45. The van der Waals surface area contributed by atoms with E-state index in [1.807, 2.05) is 19.1 Å². The molecule has 3 N–H and O–H groups in total. The highest BCUT2D eigenvalue weighted by atomic mass is 35.5. The smallest absolute Gasteiger partial charge is 0.274 e. The van der Waals surface area contributed by atoms with Crippen LogP contribution in [-0.2, 0) is 13.0 Å². The van der Waals surface area contributed by atoms with E-state index in [1.165, 1.54) is 0 Å². The SMILES string of the molecule is Cc1c(C(=O)N2CCc3c(C(=O)N4CCC(O)C4)n[nH]c3C2)[nH]c2ccc(Cl)cc12. The van der Waals surface area contributed by atoms with Gasteiger partial charge in [-0.3, -0.25) is 14.7 Å². The first-order valence-electron chi connectivity index (χ1n) is 10.0. The molecule has 9 heteroatoms. The number of aromatic amines is 2. The van der Waals surface area contributed by atoms with Crippen LogP contribution >= 0.6 is 11.6 Å². The molecule has 0 radical (unpaired) electrons. The molecular weight excluding hydrogens is 406 g/mol. The summed E-state index contributed by atoms with van der Waals surface area (Å²) in [6, 6.07) is 5.53. The van der Waals surface area contributed by atoms with E-state index < -0.39 is 6.10 Å². The van der Waals surface area contributed by atoms with Crippen molar-refractivity contribution < 1.29 is 14.7 Å². The molecule has 1 aromatic carbocycles. The van der Waals surface area contributed by atoms with Crippen LogP contribution in [0.5, 0.6) is 0 Å². The Morgan fingerprint density at radius 2 is 2.07 bits per heavy atom. The number of rotatable bonds is 2. The molecule has 1 saturated heterocycles. The summed E-state index contributed by atoms with van der Waals surface area (Å²) in [5.41, 5.74) is 4.36. The van der Waals surface area contributed by atoms with Gasteiger partial charge in [-0.25, -0.2) is 0 Å². The van der Waals surface area contributed by atoms with Crippen molar-refractivity contribution in [3.63, 3.8) is 0 Å². The van der Waals surface area contributed by atoms with E-state index in [9.17, 15) is 14.7 Å². The highest BCUT2D eigenvalue weighted by Gasteiger charge is 2.33. The number of benzene rings is 1. The van der Waals surface area contributed by atoms with Crippen LogP contribution in [0.15, 0.2) is 18.2 Å². The Morgan fingerprint density at radius 1 is 1.23 bits per heavy atom. The van der Waals surface area contributed by atoms with Gasteiger partial charge in [0.1, 0.15) is 5.69 Å². The second kappa shape index (κ2) is 7.14. The fourth-order valence-corrected chi connectivity index (χ4v) is 4.59. The predicted molar refractivity (Wildman–Crippen MR) is 112 cm³/mol. The summed E-state index contributed by atoms with van der Waals surface area (Å²) in [7, 11) is 0.